The van der Waals surface area contributed by atoms with E-state index in [1.807, 2.05) is 12.1 Å². The third kappa shape index (κ3) is 2.03. The number of halogens is 2. The average molecular weight is 260 g/mol. The monoisotopic (exact) mass is 258 g/mol. The van der Waals surface area contributed by atoms with Gasteiger partial charge in [0.05, 0.1) is 6.04 Å². The molecule has 0 saturated heterocycles. The molecule has 1 aromatic carbocycles. The summed E-state index contributed by atoms with van der Waals surface area (Å²) in [7, 11) is 0. The van der Waals surface area contributed by atoms with E-state index in [1.165, 1.54) is 5.56 Å². The molecule has 1 aliphatic rings. The van der Waals surface area contributed by atoms with E-state index in [4.69, 9.17) is 11.6 Å². The molecule has 0 amide bonds. The standard InChI is InChI=1S/C9H8BrClN2/c10-7-3-1-6(2-4-7)8-5-9(11)13-12-8/h1-4,8,12H,5H2. The lowest BCUT2D eigenvalue weighted by molar-refractivity contribution is 0.620. The maximum atomic E-state index is 5.77. The first-order valence-electron chi connectivity index (χ1n) is 3.99. The molecule has 0 saturated carbocycles. The Bertz CT molecular complexity index is 334. The third-order valence-corrected chi connectivity index (χ3v) is 2.75. The van der Waals surface area contributed by atoms with Gasteiger partial charge in [0, 0.05) is 10.9 Å². The fourth-order valence-electron chi connectivity index (χ4n) is 1.30. The van der Waals surface area contributed by atoms with Gasteiger partial charge in [-0.25, -0.2) is 0 Å². The van der Waals surface area contributed by atoms with Crippen LogP contribution in [-0.2, 0) is 0 Å². The number of nitrogens with one attached hydrogen (secondary N) is 1. The first kappa shape index (κ1) is 9.03. The molecule has 0 aromatic heterocycles. The number of benzene rings is 1. The Morgan fingerprint density at radius 2 is 2.08 bits per heavy atom. The first-order valence-corrected chi connectivity index (χ1v) is 5.16. The van der Waals surface area contributed by atoms with Crippen LogP contribution in [0, 0.1) is 0 Å². The van der Waals surface area contributed by atoms with Crippen molar-refractivity contribution < 1.29 is 0 Å². The van der Waals surface area contributed by atoms with Gasteiger partial charge in [-0.1, -0.05) is 39.7 Å². The van der Waals surface area contributed by atoms with E-state index in [1.54, 1.807) is 0 Å². The fourth-order valence-corrected chi connectivity index (χ4v) is 1.76. The number of nitrogens with zero attached hydrogens (tertiary/aromatic N) is 1. The van der Waals surface area contributed by atoms with Gasteiger partial charge in [0.1, 0.15) is 5.17 Å². The van der Waals surface area contributed by atoms with Gasteiger partial charge in [-0.15, -0.1) is 0 Å². The van der Waals surface area contributed by atoms with Crippen LogP contribution in [0.5, 0.6) is 0 Å². The maximum Gasteiger partial charge on any atom is 0.128 e. The van der Waals surface area contributed by atoms with E-state index in [0.717, 1.165) is 10.9 Å². The van der Waals surface area contributed by atoms with E-state index in [-0.39, 0.29) is 6.04 Å². The van der Waals surface area contributed by atoms with Gasteiger partial charge in [-0.2, -0.15) is 5.10 Å². The van der Waals surface area contributed by atoms with Crippen molar-refractivity contribution in [3.63, 3.8) is 0 Å². The molecule has 1 atom stereocenters. The van der Waals surface area contributed by atoms with Gasteiger partial charge in [0.15, 0.2) is 0 Å². The third-order valence-electron chi connectivity index (χ3n) is 1.99. The second-order valence-electron chi connectivity index (χ2n) is 2.93. The van der Waals surface area contributed by atoms with Gasteiger partial charge in [-0.3, -0.25) is 0 Å². The molecule has 13 heavy (non-hydrogen) atoms. The normalized spacial score (nSPS) is 21.1. The SMILES string of the molecule is ClC1=NNC(c2ccc(Br)cc2)C1. The zero-order valence-electron chi connectivity index (χ0n) is 6.80. The van der Waals surface area contributed by atoms with Crippen LogP contribution in [0.2, 0.25) is 0 Å². The van der Waals surface area contributed by atoms with E-state index in [2.05, 4.69) is 38.6 Å². The molecule has 1 unspecified atom stereocenters. The number of rotatable bonds is 1. The highest BCUT2D eigenvalue weighted by Crippen LogP contribution is 2.24. The molecule has 4 heteroatoms. The van der Waals surface area contributed by atoms with Crippen molar-refractivity contribution in [1.82, 2.24) is 5.43 Å². The summed E-state index contributed by atoms with van der Waals surface area (Å²) in [5.41, 5.74) is 4.19. The van der Waals surface area contributed by atoms with E-state index < -0.39 is 0 Å². The van der Waals surface area contributed by atoms with Gasteiger partial charge >= 0.3 is 0 Å². The molecule has 2 rings (SSSR count). The van der Waals surface area contributed by atoms with E-state index in [9.17, 15) is 0 Å². The first-order chi connectivity index (χ1) is 6.25. The molecule has 1 heterocycles. The van der Waals surface area contributed by atoms with Crippen LogP contribution >= 0.6 is 27.5 Å². The van der Waals surface area contributed by atoms with Crippen molar-refractivity contribution in [3.05, 3.63) is 34.3 Å². The molecule has 68 valence electrons. The Morgan fingerprint density at radius 1 is 1.38 bits per heavy atom. The zero-order valence-corrected chi connectivity index (χ0v) is 9.14. The number of hydrogen-bond acceptors (Lipinski definition) is 2. The van der Waals surface area contributed by atoms with Crippen molar-refractivity contribution in [3.8, 4) is 0 Å². The minimum Gasteiger partial charge on any atom is -0.301 e. The molecule has 0 bridgehead atoms. The lowest BCUT2D eigenvalue weighted by atomic mass is 10.1. The van der Waals surface area contributed by atoms with E-state index >= 15 is 0 Å². The number of hydrogen-bond donors (Lipinski definition) is 1. The predicted molar refractivity (Wildman–Crippen MR) is 57.9 cm³/mol. The highest BCUT2D eigenvalue weighted by Gasteiger charge is 2.17. The van der Waals surface area contributed by atoms with Crippen LogP contribution in [0.1, 0.15) is 18.0 Å². The van der Waals surface area contributed by atoms with Crippen molar-refractivity contribution >= 4 is 32.7 Å². The van der Waals surface area contributed by atoms with Crippen LogP contribution in [0.3, 0.4) is 0 Å². The highest BCUT2D eigenvalue weighted by molar-refractivity contribution is 9.10. The summed E-state index contributed by atoms with van der Waals surface area (Å²) in [6.45, 7) is 0. The predicted octanol–water partition coefficient (Wildman–Crippen LogP) is 3.04. The molecule has 2 nitrogen and oxygen atoms in total. The second kappa shape index (κ2) is 3.68. The molecule has 0 fully saturated rings. The Labute approximate surface area is 90.1 Å². The van der Waals surface area contributed by atoms with Crippen molar-refractivity contribution in [1.29, 1.82) is 0 Å². The summed E-state index contributed by atoms with van der Waals surface area (Å²) in [6, 6.07) is 8.40. The van der Waals surface area contributed by atoms with Gasteiger partial charge in [0.25, 0.3) is 0 Å². The lowest BCUT2D eigenvalue weighted by Crippen LogP contribution is -2.09. The molecule has 0 aliphatic carbocycles. The zero-order chi connectivity index (χ0) is 9.26. The largest absolute Gasteiger partial charge is 0.301 e. The van der Waals surface area contributed by atoms with E-state index in [0.29, 0.717) is 5.17 Å². The summed E-state index contributed by atoms with van der Waals surface area (Å²) in [5.74, 6) is 0. The maximum absolute atomic E-state index is 5.77. The average Bonchev–Trinajstić information content (AvgIpc) is 2.53. The van der Waals surface area contributed by atoms with Crippen molar-refractivity contribution in [2.24, 2.45) is 5.10 Å². The van der Waals surface area contributed by atoms with Crippen LogP contribution in [0.4, 0.5) is 0 Å². The fraction of sp³-hybridized carbons (Fsp3) is 0.222. The summed E-state index contributed by atoms with van der Waals surface area (Å²) < 4.78 is 1.08. The Balaban J connectivity index is 2.14. The molecular formula is C9H8BrClN2. The summed E-state index contributed by atoms with van der Waals surface area (Å²) in [5, 5.41) is 4.58. The van der Waals surface area contributed by atoms with Crippen molar-refractivity contribution in [2.75, 3.05) is 0 Å². The van der Waals surface area contributed by atoms with Gasteiger partial charge < -0.3 is 5.43 Å². The van der Waals surface area contributed by atoms with Gasteiger partial charge in [-0.05, 0) is 17.7 Å². The minimum atomic E-state index is 0.237. The topological polar surface area (TPSA) is 24.4 Å². The van der Waals surface area contributed by atoms with Crippen LogP contribution < -0.4 is 5.43 Å². The number of hydrazone groups is 1. The van der Waals surface area contributed by atoms with Crippen molar-refractivity contribution in [2.45, 2.75) is 12.5 Å². The molecule has 1 aliphatic heterocycles. The smallest absolute Gasteiger partial charge is 0.128 e. The molecular weight excluding hydrogens is 251 g/mol. The Hall–Kier alpha value is -0.540. The minimum absolute atomic E-state index is 0.237. The molecule has 0 spiro atoms. The summed E-state index contributed by atoms with van der Waals surface area (Å²) in [6.07, 6.45) is 0.781. The van der Waals surface area contributed by atoms with Crippen LogP contribution in [0.15, 0.2) is 33.8 Å². The molecule has 1 N–H and O–H groups in total. The lowest BCUT2D eigenvalue weighted by Gasteiger charge is -2.09. The summed E-state index contributed by atoms with van der Waals surface area (Å²) >= 11 is 9.16. The Morgan fingerprint density at radius 3 is 2.62 bits per heavy atom. The quantitative estimate of drug-likeness (QED) is 0.824. The highest BCUT2D eigenvalue weighted by atomic mass is 79.9. The summed E-state index contributed by atoms with van der Waals surface area (Å²) in [4.78, 5) is 0. The second-order valence-corrected chi connectivity index (χ2v) is 4.28. The molecule has 1 aromatic rings. The van der Waals surface area contributed by atoms with Crippen LogP contribution in [-0.4, -0.2) is 5.17 Å². The Kier molecular flexibility index (Phi) is 2.56. The van der Waals surface area contributed by atoms with Crippen LogP contribution in [0.25, 0.3) is 0 Å². The molecule has 0 radical (unpaired) electrons. The van der Waals surface area contributed by atoms with Gasteiger partial charge in [0.2, 0.25) is 0 Å².